The summed E-state index contributed by atoms with van der Waals surface area (Å²) in [4.78, 5) is 0. The Bertz CT molecular complexity index is 553. The fourth-order valence-corrected chi connectivity index (χ4v) is 3.36. The Balaban J connectivity index is 1.75. The SMILES string of the molecule is CCCOc1ccc(C(C)NCCS(=O)(=O)NC2CC2)cc1. The van der Waals surface area contributed by atoms with Gasteiger partial charge in [0.1, 0.15) is 5.75 Å². The van der Waals surface area contributed by atoms with Crippen LogP contribution in [0.1, 0.15) is 44.7 Å². The summed E-state index contributed by atoms with van der Waals surface area (Å²) in [6, 6.07) is 8.22. The molecule has 0 amide bonds. The van der Waals surface area contributed by atoms with Gasteiger partial charge in [0, 0.05) is 18.6 Å². The third-order valence-electron chi connectivity index (χ3n) is 3.60. The normalized spacial score (nSPS) is 16.5. The van der Waals surface area contributed by atoms with Gasteiger partial charge in [-0.1, -0.05) is 19.1 Å². The van der Waals surface area contributed by atoms with Gasteiger partial charge in [0.05, 0.1) is 12.4 Å². The Labute approximate surface area is 133 Å². The lowest BCUT2D eigenvalue weighted by atomic mass is 10.1. The van der Waals surface area contributed by atoms with Crippen molar-refractivity contribution in [1.29, 1.82) is 0 Å². The summed E-state index contributed by atoms with van der Waals surface area (Å²) in [5.41, 5.74) is 1.12. The maximum atomic E-state index is 11.8. The van der Waals surface area contributed by atoms with E-state index >= 15 is 0 Å². The van der Waals surface area contributed by atoms with Crippen LogP contribution < -0.4 is 14.8 Å². The number of sulfonamides is 1. The molecule has 0 aromatic heterocycles. The largest absolute Gasteiger partial charge is 0.494 e. The average Bonchev–Trinajstić information content (AvgIpc) is 3.28. The van der Waals surface area contributed by atoms with Gasteiger partial charge in [-0.2, -0.15) is 0 Å². The van der Waals surface area contributed by atoms with E-state index in [9.17, 15) is 8.42 Å². The van der Waals surface area contributed by atoms with Crippen molar-refractivity contribution in [2.24, 2.45) is 0 Å². The molecule has 1 aromatic carbocycles. The topological polar surface area (TPSA) is 67.4 Å². The van der Waals surface area contributed by atoms with Crippen molar-refractivity contribution in [3.63, 3.8) is 0 Å². The molecule has 6 heteroatoms. The molecule has 0 bridgehead atoms. The monoisotopic (exact) mass is 326 g/mol. The molecular formula is C16H26N2O3S. The lowest BCUT2D eigenvalue weighted by Gasteiger charge is -2.15. The van der Waals surface area contributed by atoms with Gasteiger partial charge in [-0.25, -0.2) is 13.1 Å². The number of rotatable bonds is 10. The number of hydrogen-bond acceptors (Lipinski definition) is 4. The molecule has 2 N–H and O–H groups in total. The molecule has 5 nitrogen and oxygen atoms in total. The lowest BCUT2D eigenvalue weighted by Crippen LogP contribution is -2.34. The van der Waals surface area contributed by atoms with E-state index in [0.29, 0.717) is 6.54 Å². The molecule has 124 valence electrons. The minimum atomic E-state index is -3.15. The third-order valence-corrected chi connectivity index (χ3v) is 5.03. The van der Waals surface area contributed by atoms with Gasteiger partial charge in [-0.05, 0) is 43.9 Å². The molecule has 1 atom stereocenters. The lowest BCUT2D eigenvalue weighted by molar-refractivity contribution is 0.317. The van der Waals surface area contributed by atoms with E-state index in [4.69, 9.17) is 4.74 Å². The molecule has 2 rings (SSSR count). The van der Waals surface area contributed by atoms with Crippen LogP contribution in [-0.2, 0) is 10.0 Å². The summed E-state index contributed by atoms with van der Waals surface area (Å²) < 4.78 is 31.8. The van der Waals surface area contributed by atoms with Crippen LogP contribution in [0.4, 0.5) is 0 Å². The predicted octanol–water partition coefficient (Wildman–Crippen LogP) is 2.21. The molecule has 0 radical (unpaired) electrons. The molecule has 1 aliphatic rings. The van der Waals surface area contributed by atoms with Crippen molar-refractivity contribution >= 4 is 10.0 Å². The first kappa shape index (κ1) is 17.2. The Morgan fingerprint density at radius 2 is 1.95 bits per heavy atom. The molecule has 1 aliphatic carbocycles. The Morgan fingerprint density at radius 1 is 1.27 bits per heavy atom. The standard InChI is InChI=1S/C16H26N2O3S/c1-3-11-21-16-8-4-14(5-9-16)13(2)17-10-12-22(19,20)18-15-6-7-15/h4-5,8-9,13,15,17-18H,3,6-7,10-12H2,1-2H3. The first-order valence-electron chi connectivity index (χ1n) is 7.96. The van der Waals surface area contributed by atoms with Gasteiger partial charge >= 0.3 is 0 Å². The van der Waals surface area contributed by atoms with Gasteiger partial charge < -0.3 is 10.1 Å². The molecule has 0 saturated heterocycles. The predicted molar refractivity (Wildman–Crippen MR) is 88.6 cm³/mol. The van der Waals surface area contributed by atoms with Crippen LogP contribution in [0.15, 0.2) is 24.3 Å². The highest BCUT2D eigenvalue weighted by Gasteiger charge is 2.26. The van der Waals surface area contributed by atoms with Gasteiger partial charge in [-0.3, -0.25) is 0 Å². The Hall–Kier alpha value is -1.11. The number of benzene rings is 1. The average molecular weight is 326 g/mol. The van der Waals surface area contributed by atoms with Crippen molar-refractivity contribution in [3.8, 4) is 5.75 Å². The summed E-state index contributed by atoms with van der Waals surface area (Å²) >= 11 is 0. The van der Waals surface area contributed by atoms with Crippen LogP contribution in [0.2, 0.25) is 0 Å². The zero-order valence-electron chi connectivity index (χ0n) is 13.3. The van der Waals surface area contributed by atoms with E-state index in [1.54, 1.807) is 0 Å². The third kappa shape index (κ3) is 5.94. The smallest absolute Gasteiger partial charge is 0.213 e. The van der Waals surface area contributed by atoms with Gasteiger partial charge in [0.2, 0.25) is 10.0 Å². The number of ether oxygens (including phenoxy) is 1. The summed E-state index contributed by atoms with van der Waals surface area (Å²) in [5, 5.41) is 3.25. The van der Waals surface area contributed by atoms with Gasteiger partial charge in [0.15, 0.2) is 0 Å². The highest BCUT2D eigenvalue weighted by atomic mass is 32.2. The molecule has 0 heterocycles. The first-order valence-corrected chi connectivity index (χ1v) is 9.61. The van der Waals surface area contributed by atoms with E-state index in [-0.39, 0.29) is 17.8 Å². The highest BCUT2D eigenvalue weighted by Crippen LogP contribution is 2.20. The van der Waals surface area contributed by atoms with E-state index in [2.05, 4.69) is 17.0 Å². The van der Waals surface area contributed by atoms with E-state index in [1.807, 2.05) is 31.2 Å². The highest BCUT2D eigenvalue weighted by molar-refractivity contribution is 7.89. The summed E-state index contributed by atoms with van der Waals surface area (Å²) in [6.45, 7) is 5.27. The number of hydrogen-bond donors (Lipinski definition) is 2. The van der Waals surface area contributed by atoms with E-state index in [1.165, 1.54) is 0 Å². The first-order chi connectivity index (χ1) is 10.5. The van der Waals surface area contributed by atoms with E-state index < -0.39 is 10.0 Å². The van der Waals surface area contributed by atoms with Crippen LogP contribution in [-0.4, -0.2) is 33.4 Å². The Kier molecular flexibility index (Phi) is 6.23. The molecule has 0 aliphatic heterocycles. The van der Waals surface area contributed by atoms with Crippen LogP contribution in [0.25, 0.3) is 0 Å². The molecular weight excluding hydrogens is 300 g/mol. The Morgan fingerprint density at radius 3 is 2.55 bits per heavy atom. The molecule has 1 unspecified atom stereocenters. The zero-order valence-corrected chi connectivity index (χ0v) is 14.2. The second-order valence-corrected chi connectivity index (χ2v) is 7.68. The fraction of sp³-hybridized carbons (Fsp3) is 0.625. The van der Waals surface area contributed by atoms with E-state index in [0.717, 1.165) is 37.2 Å². The quantitative estimate of drug-likeness (QED) is 0.692. The van der Waals surface area contributed by atoms with Gasteiger partial charge in [-0.15, -0.1) is 0 Å². The van der Waals surface area contributed by atoms with Crippen molar-refractivity contribution in [3.05, 3.63) is 29.8 Å². The van der Waals surface area contributed by atoms with Crippen molar-refractivity contribution in [2.75, 3.05) is 18.9 Å². The van der Waals surface area contributed by atoms with Crippen LogP contribution >= 0.6 is 0 Å². The number of nitrogens with one attached hydrogen (secondary N) is 2. The minimum absolute atomic E-state index is 0.108. The summed E-state index contributed by atoms with van der Waals surface area (Å²) in [5.74, 6) is 0.986. The second-order valence-electron chi connectivity index (χ2n) is 5.80. The second kappa shape index (κ2) is 7.94. The van der Waals surface area contributed by atoms with Crippen molar-refractivity contribution in [2.45, 2.75) is 45.2 Å². The van der Waals surface area contributed by atoms with Crippen molar-refractivity contribution < 1.29 is 13.2 Å². The fourth-order valence-electron chi connectivity index (χ4n) is 2.11. The molecule has 1 fully saturated rings. The van der Waals surface area contributed by atoms with Crippen molar-refractivity contribution in [1.82, 2.24) is 10.0 Å². The zero-order chi connectivity index (χ0) is 16.0. The van der Waals surface area contributed by atoms with Crippen LogP contribution in [0.3, 0.4) is 0 Å². The maximum Gasteiger partial charge on any atom is 0.213 e. The minimum Gasteiger partial charge on any atom is -0.494 e. The molecule has 1 saturated carbocycles. The van der Waals surface area contributed by atoms with Crippen LogP contribution in [0.5, 0.6) is 5.75 Å². The molecule has 0 spiro atoms. The maximum absolute atomic E-state index is 11.8. The summed E-state index contributed by atoms with van der Waals surface area (Å²) in [6.07, 6.45) is 2.92. The van der Waals surface area contributed by atoms with Crippen LogP contribution in [0, 0.1) is 0 Å². The molecule has 1 aromatic rings. The molecule has 22 heavy (non-hydrogen) atoms. The summed E-state index contributed by atoms with van der Waals surface area (Å²) in [7, 11) is -3.15. The van der Waals surface area contributed by atoms with Gasteiger partial charge in [0.25, 0.3) is 0 Å².